The Hall–Kier alpha value is -1.32. The van der Waals surface area contributed by atoms with Gasteiger partial charge in [0.05, 0.1) is 0 Å². The van der Waals surface area contributed by atoms with E-state index in [4.69, 9.17) is 4.98 Å². The normalized spacial score (nSPS) is 22.1. The molecule has 0 spiro atoms. The van der Waals surface area contributed by atoms with Crippen LogP contribution in [-0.2, 0) is 0 Å². The lowest BCUT2D eigenvalue weighted by Gasteiger charge is -2.37. The van der Waals surface area contributed by atoms with Crippen LogP contribution in [0.15, 0.2) is 0 Å². The molecule has 4 heteroatoms. The number of hydrogen-bond donors (Lipinski definition) is 1. The van der Waals surface area contributed by atoms with Crippen LogP contribution >= 0.6 is 0 Å². The Bertz CT molecular complexity index is 472. The molecule has 0 aliphatic heterocycles. The van der Waals surface area contributed by atoms with Crippen molar-refractivity contribution < 1.29 is 0 Å². The lowest BCUT2D eigenvalue weighted by atomic mass is 9.85. The van der Waals surface area contributed by atoms with Crippen molar-refractivity contribution in [3.63, 3.8) is 0 Å². The SMILES string of the molecule is CCCNc1nc(C)nc(N(C)C2CCCCC2C)c1C. The first-order valence-corrected chi connectivity index (χ1v) is 8.36. The van der Waals surface area contributed by atoms with Gasteiger partial charge in [-0.05, 0) is 39.0 Å². The molecule has 0 radical (unpaired) electrons. The van der Waals surface area contributed by atoms with E-state index < -0.39 is 0 Å². The molecule has 1 aliphatic carbocycles. The third-order valence-corrected chi connectivity index (χ3v) is 4.67. The first-order valence-electron chi connectivity index (χ1n) is 8.36. The summed E-state index contributed by atoms with van der Waals surface area (Å²) in [5.41, 5.74) is 1.18. The van der Waals surface area contributed by atoms with Crippen molar-refractivity contribution in [2.75, 3.05) is 23.8 Å². The van der Waals surface area contributed by atoms with Crippen LogP contribution in [-0.4, -0.2) is 29.6 Å². The number of rotatable bonds is 5. The van der Waals surface area contributed by atoms with Gasteiger partial charge in [-0.1, -0.05) is 26.7 Å². The molecule has 1 aromatic rings. The molecule has 2 atom stereocenters. The minimum Gasteiger partial charge on any atom is -0.370 e. The molecular formula is C17H30N4. The van der Waals surface area contributed by atoms with E-state index in [9.17, 15) is 0 Å². The van der Waals surface area contributed by atoms with Crippen LogP contribution in [0.1, 0.15) is 57.3 Å². The smallest absolute Gasteiger partial charge is 0.137 e. The van der Waals surface area contributed by atoms with Gasteiger partial charge < -0.3 is 10.2 Å². The van der Waals surface area contributed by atoms with Crippen LogP contribution in [0.5, 0.6) is 0 Å². The van der Waals surface area contributed by atoms with Gasteiger partial charge in [-0.25, -0.2) is 9.97 Å². The average Bonchev–Trinajstić information content (AvgIpc) is 2.47. The second kappa shape index (κ2) is 7.10. The molecule has 1 heterocycles. The van der Waals surface area contributed by atoms with Crippen molar-refractivity contribution in [1.82, 2.24) is 9.97 Å². The topological polar surface area (TPSA) is 41.1 Å². The van der Waals surface area contributed by atoms with E-state index in [1.54, 1.807) is 0 Å². The van der Waals surface area contributed by atoms with E-state index in [1.165, 1.54) is 31.2 Å². The molecule has 21 heavy (non-hydrogen) atoms. The van der Waals surface area contributed by atoms with Gasteiger partial charge in [-0.2, -0.15) is 0 Å². The fourth-order valence-electron chi connectivity index (χ4n) is 3.40. The third-order valence-electron chi connectivity index (χ3n) is 4.67. The van der Waals surface area contributed by atoms with Crippen molar-refractivity contribution in [3.05, 3.63) is 11.4 Å². The zero-order valence-electron chi connectivity index (χ0n) is 14.2. The molecule has 4 nitrogen and oxygen atoms in total. The highest BCUT2D eigenvalue weighted by Gasteiger charge is 2.27. The van der Waals surface area contributed by atoms with Crippen molar-refractivity contribution >= 4 is 11.6 Å². The van der Waals surface area contributed by atoms with E-state index in [0.717, 1.165) is 36.3 Å². The Balaban J connectivity index is 2.27. The van der Waals surface area contributed by atoms with Gasteiger partial charge in [0.2, 0.25) is 0 Å². The number of nitrogens with one attached hydrogen (secondary N) is 1. The maximum absolute atomic E-state index is 4.73. The van der Waals surface area contributed by atoms with Crippen LogP contribution < -0.4 is 10.2 Å². The lowest BCUT2D eigenvalue weighted by molar-refractivity contribution is 0.320. The van der Waals surface area contributed by atoms with E-state index >= 15 is 0 Å². The van der Waals surface area contributed by atoms with Crippen LogP contribution in [0.2, 0.25) is 0 Å². The van der Waals surface area contributed by atoms with Crippen LogP contribution in [0.25, 0.3) is 0 Å². The van der Waals surface area contributed by atoms with Crippen molar-refractivity contribution in [2.45, 2.75) is 65.8 Å². The molecule has 2 unspecified atom stereocenters. The van der Waals surface area contributed by atoms with Gasteiger partial charge >= 0.3 is 0 Å². The van der Waals surface area contributed by atoms with Crippen LogP contribution in [0.3, 0.4) is 0 Å². The Labute approximate surface area is 129 Å². The summed E-state index contributed by atoms with van der Waals surface area (Å²) >= 11 is 0. The van der Waals surface area contributed by atoms with Crippen molar-refractivity contribution in [1.29, 1.82) is 0 Å². The standard InChI is InChI=1S/C17H30N4/c1-6-11-18-16-13(3)17(20-14(4)19-16)21(5)15-10-8-7-9-12(15)2/h12,15H,6-11H2,1-5H3,(H,18,19,20). The molecule has 0 aromatic carbocycles. The number of aryl methyl sites for hydroxylation is 1. The summed E-state index contributed by atoms with van der Waals surface area (Å²) in [6, 6.07) is 0.603. The quantitative estimate of drug-likeness (QED) is 0.892. The summed E-state index contributed by atoms with van der Waals surface area (Å²) in [6.45, 7) is 9.63. The van der Waals surface area contributed by atoms with Gasteiger partial charge in [-0.15, -0.1) is 0 Å². The van der Waals surface area contributed by atoms with Gasteiger partial charge in [0, 0.05) is 25.2 Å². The van der Waals surface area contributed by atoms with Crippen LogP contribution in [0, 0.1) is 19.8 Å². The summed E-state index contributed by atoms with van der Waals surface area (Å²) in [5, 5.41) is 3.44. The monoisotopic (exact) mass is 290 g/mol. The predicted molar refractivity (Wildman–Crippen MR) is 90.1 cm³/mol. The average molecular weight is 290 g/mol. The molecular weight excluding hydrogens is 260 g/mol. The third kappa shape index (κ3) is 3.66. The van der Waals surface area contributed by atoms with Crippen molar-refractivity contribution in [2.24, 2.45) is 5.92 Å². The first-order chi connectivity index (χ1) is 10.0. The summed E-state index contributed by atoms with van der Waals surface area (Å²) < 4.78 is 0. The van der Waals surface area contributed by atoms with Crippen molar-refractivity contribution in [3.8, 4) is 0 Å². The summed E-state index contributed by atoms with van der Waals surface area (Å²) in [4.78, 5) is 11.7. The largest absolute Gasteiger partial charge is 0.370 e. The van der Waals surface area contributed by atoms with E-state index in [-0.39, 0.29) is 0 Å². The molecule has 1 aromatic heterocycles. The molecule has 1 N–H and O–H groups in total. The molecule has 1 fully saturated rings. The lowest BCUT2D eigenvalue weighted by Crippen LogP contribution is -2.40. The molecule has 0 saturated heterocycles. The summed E-state index contributed by atoms with van der Waals surface area (Å²) in [7, 11) is 2.20. The van der Waals surface area contributed by atoms with Gasteiger partial charge in [0.15, 0.2) is 0 Å². The second-order valence-corrected chi connectivity index (χ2v) is 6.43. The maximum atomic E-state index is 4.73. The Morgan fingerprint density at radius 1 is 1.19 bits per heavy atom. The zero-order valence-corrected chi connectivity index (χ0v) is 14.2. The fraction of sp³-hybridized carbons (Fsp3) is 0.765. The molecule has 2 rings (SSSR count). The number of hydrogen-bond acceptors (Lipinski definition) is 4. The minimum atomic E-state index is 0.603. The Morgan fingerprint density at radius 2 is 1.90 bits per heavy atom. The predicted octanol–water partition coefficient (Wildman–Crippen LogP) is 3.93. The number of aromatic nitrogens is 2. The number of nitrogens with zero attached hydrogens (tertiary/aromatic N) is 3. The highest BCUT2D eigenvalue weighted by atomic mass is 15.2. The van der Waals surface area contributed by atoms with E-state index in [2.05, 4.69) is 43.0 Å². The fourth-order valence-corrected chi connectivity index (χ4v) is 3.40. The van der Waals surface area contributed by atoms with Gasteiger partial charge in [0.1, 0.15) is 17.5 Å². The van der Waals surface area contributed by atoms with E-state index in [0.29, 0.717) is 6.04 Å². The molecule has 1 saturated carbocycles. The zero-order chi connectivity index (χ0) is 15.4. The highest BCUT2D eigenvalue weighted by Crippen LogP contribution is 2.32. The summed E-state index contributed by atoms with van der Waals surface area (Å²) in [6.07, 6.45) is 6.42. The van der Waals surface area contributed by atoms with E-state index in [1.807, 2.05) is 6.92 Å². The minimum absolute atomic E-state index is 0.603. The van der Waals surface area contributed by atoms with Gasteiger partial charge in [0.25, 0.3) is 0 Å². The summed E-state index contributed by atoms with van der Waals surface area (Å²) in [5.74, 6) is 3.68. The Kier molecular flexibility index (Phi) is 5.43. The van der Waals surface area contributed by atoms with Gasteiger partial charge in [-0.3, -0.25) is 0 Å². The second-order valence-electron chi connectivity index (χ2n) is 6.43. The Morgan fingerprint density at radius 3 is 2.57 bits per heavy atom. The maximum Gasteiger partial charge on any atom is 0.137 e. The molecule has 1 aliphatic rings. The highest BCUT2D eigenvalue weighted by molar-refractivity contribution is 5.58. The molecule has 118 valence electrons. The number of anilines is 2. The van der Waals surface area contributed by atoms with Crippen LogP contribution in [0.4, 0.5) is 11.6 Å². The molecule has 0 amide bonds. The molecule has 0 bridgehead atoms. The first kappa shape index (κ1) is 16.1.